The van der Waals surface area contributed by atoms with Gasteiger partial charge in [-0.2, -0.15) is 0 Å². The van der Waals surface area contributed by atoms with Crippen LogP contribution in [0.25, 0.3) is 22.3 Å². The van der Waals surface area contributed by atoms with Gasteiger partial charge in [0.1, 0.15) is 25.4 Å². The molecule has 0 spiro atoms. The van der Waals surface area contributed by atoms with Crippen molar-refractivity contribution in [2.24, 2.45) is 0 Å². The van der Waals surface area contributed by atoms with Crippen LogP contribution in [0.1, 0.15) is 34.1 Å². The van der Waals surface area contributed by atoms with Crippen molar-refractivity contribution in [3.8, 4) is 22.3 Å². The number of benzene rings is 4. The van der Waals surface area contributed by atoms with Gasteiger partial charge in [-0.05, 0) is 44.5 Å². The molecule has 2 fully saturated rings. The van der Waals surface area contributed by atoms with Crippen molar-refractivity contribution in [2.75, 3.05) is 26.3 Å². The molecular formula is C40H36F2N2O10. The van der Waals surface area contributed by atoms with Crippen molar-refractivity contribution in [3.63, 3.8) is 0 Å². The molecule has 0 saturated carbocycles. The van der Waals surface area contributed by atoms with E-state index in [0.717, 1.165) is 54.3 Å². The fourth-order valence-corrected chi connectivity index (χ4v) is 7.87. The molecule has 6 atom stereocenters. The summed E-state index contributed by atoms with van der Waals surface area (Å²) in [6.07, 6.45) is -9.03. The SMILES string of the molecule is O=C(O)[C@@H]1[C@@H](F)[C@@H](O)CN1C(=O)OCC1c2ccccc2-c2ccccc21.O=C(O)[C@@H]1[C@H](F)[C@@H](O)CN1C(=O)OCC1c2ccccc2-c2ccccc21. The van der Waals surface area contributed by atoms with Crippen molar-refractivity contribution >= 4 is 24.1 Å². The number of carboxylic acid groups (broad SMARTS) is 2. The molecular weight excluding hydrogens is 706 g/mol. The lowest BCUT2D eigenvalue weighted by molar-refractivity contribution is -0.144. The summed E-state index contributed by atoms with van der Waals surface area (Å²) >= 11 is 0. The maximum Gasteiger partial charge on any atom is 0.410 e. The van der Waals surface area contributed by atoms with E-state index in [9.17, 15) is 38.2 Å². The molecule has 0 unspecified atom stereocenters. The van der Waals surface area contributed by atoms with Crippen molar-refractivity contribution in [1.82, 2.24) is 9.80 Å². The van der Waals surface area contributed by atoms with Crippen molar-refractivity contribution in [1.29, 1.82) is 0 Å². The summed E-state index contributed by atoms with van der Waals surface area (Å²) in [6, 6.07) is 27.8. The number of likely N-dealkylation sites (tertiary alicyclic amines) is 2. The highest BCUT2D eigenvalue weighted by Gasteiger charge is 2.50. The van der Waals surface area contributed by atoms with Crippen LogP contribution in [0.2, 0.25) is 0 Å². The zero-order valence-corrected chi connectivity index (χ0v) is 28.6. The number of hydrogen-bond donors (Lipinski definition) is 4. The Morgan fingerprint density at radius 2 is 0.815 bits per heavy atom. The van der Waals surface area contributed by atoms with E-state index in [4.69, 9.17) is 19.7 Å². The van der Waals surface area contributed by atoms with Gasteiger partial charge in [0, 0.05) is 11.8 Å². The number of aliphatic hydroxyl groups is 2. The van der Waals surface area contributed by atoms with Gasteiger partial charge >= 0.3 is 24.1 Å². The molecule has 14 heteroatoms. The number of carboxylic acids is 2. The molecule has 280 valence electrons. The predicted octanol–water partition coefficient (Wildman–Crippen LogP) is 4.81. The molecule has 8 rings (SSSR count). The van der Waals surface area contributed by atoms with E-state index in [-0.39, 0.29) is 25.0 Å². The van der Waals surface area contributed by atoms with Crippen molar-refractivity contribution in [3.05, 3.63) is 119 Å². The number of hydrogen-bond acceptors (Lipinski definition) is 8. The maximum atomic E-state index is 13.9. The van der Waals surface area contributed by atoms with Crippen LogP contribution in [0.4, 0.5) is 18.4 Å². The van der Waals surface area contributed by atoms with E-state index < -0.39 is 73.8 Å². The number of ether oxygens (including phenoxy) is 2. The Kier molecular flexibility index (Phi) is 10.1. The second kappa shape index (κ2) is 14.9. The van der Waals surface area contributed by atoms with E-state index in [1.807, 2.05) is 97.1 Å². The number of halogens is 2. The van der Waals surface area contributed by atoms with Crippen LogP contribution in [-0.4, -0.2) is 117 Å². The van der Waals surface area contributed by atoms with E-state index >= 15 is 0 Å². The molecule has 4 N–H and O–H groups in total. The number of carbonyl (C=O) groups excluding carboxylic acids is 2. The Balaban J connectivity index is 0.000000167. The molecule has 0 bridgehead atoms. The van der Waals surface area contributed by atoms with Gasteiger partial charge < -0.3 is 29.9 Å². The van der Waals surface area contributed by atoms with Gasteiger partial charge in [-0.25, -0.2) is 28.0 Å². The van der Waals surface area contributed by atoms with Gasteiger partial charge in [0.15, 0.2) is 24.4 Å². The van der Waals surface area contributed by atoms with E-state index in [0.29, 0.717) is 0 Å². The normalized spacial score (nSPS) is 23.8. The zero-order valence-electron chi connectivity index (χ0n) is 28.6. The van der Waals surface area contributed by atoms with Gasteiger partial charge in [0.05, 0.1) is 13.1 Å². The molecule has 2 aliphatic heterocycles. The standard InChI is InChI=1S/2C20H18FNO5/c2*21-17-16(23)9-22(18(17)19(24)25)20(26)27-10-15-13-7-3-1-5-11(13)12-6-2-4-8-14(12)15/h2*1-8,15-18,23H,9-10H2,(H,24,25)/t16-,17+,18-;16-,17-,18-/m00/s1. The Morgan fingerprint density at radius 3 is 1.09 bits per heavy atom. The highest BCUT2D eigenvalue weighted by molar-refractivity contribution is 5.84. The first-order valence-corrected chi connectivity index (χ1v) is 17.3. The topological polar surface area (TPSA) is 174 Å². The van der Waals surface area contributed by atoms with Crippen molar-refractivity contribution in [2.45, 2.75) is 48.5 Å². The minimum Gasteiger partial charge on any atom is -0.480 e. The zero-order chi connectivity index (χ0) is 38.3. The number of amides is 2. The molecule has 2 amide bonds. The third kappa shape index (κ3) is 6.51. The smallest absolute Gasteiger partial charge is 0.410 e. The maximum absolute atomic E-state index is 13.9. The van der Waals surface area contributed by atoms with Crippen molar-refractivity contribution < 1.29 is 57.9 Å². The fraction of sp³-hybridized carbons (Fsp3) is 0.300. The number of aliphatic hydroxyl groups excluding tert-OH is 2. The summed E-state index contributed by atoms with van der Waals surface area (Å²) in [5.74, 6) is -3.38. The Hall–Kier alpha value is -5.86. The number of β-amino-alcohol motifs (C(OH)–C–C–N with tert-alkyl or cyclic N) is 2. The summed E-state index contributed by atoms with van der Waals surface area (Å²) in [4.78, 5) is 48.8. The van der Waals surface area contributed by atoms with Crippen LogP contribution < -0.4 is 0 Å². The molecule has 12 nitrogen and oxygen atoms in total. The number of nitrogens with zero attached hydrogens (tertiary/aromatic N) is 2. The van der Waals surface area contributed by atoms with Gasteiger partial charge in [0.2, 0.25) is 0 Å². The molecule has 4 aromatic rings. The third-order valence-corrected chi connectivity index (χ3v) is 10.4. The van der Waals surface area contributed by atoms with Gasteiger partial charge in [-0.1, -0.05) is 97.1 Å². The average Bonchev–Trinajstić information content (AvgIpc) is 3.87. The molecule has 4 aliphatic rings. The quantitative estimate of drug-likeness (QED) is 0.215. The number of alkyl halides is 2. The third-order valence-electron chi connectivity index (χ3n) is 10.4. The van der Waals surface area contributed by atoms with Gasteiger partial charge in [-0.15, -0.1) is 0 Å². The average molecular weight is 743 g/mol. The number of rotatable bonds is 6. The highest BCUT2D eigenvalue weighted by atomic mass is 19.1. The molecule has 54 heavy (non-hydrogen) atoms. The first-order valence-electron chi connectivity index (χ1n) is 17.3. The Bertz CT molecular complexity index is 1860. The minimum atomic E-state index is -2.04. The summed E-state index contributed by atoms with van der Waals surface area (Å²) in [5, 5.41) is 37.5. The van der Waals surface area contributed by atoms with E-state index in [2.05, 4.69) is 0 Å². The van der Waals surface area contributed by atoms with Crippen LogP contribution in [-0.2, 0) is 19.1 Å². The summed E-state index contributed by atoms with van der Waals surface area (Å²) in [5.41, 5.74) is 8.35. The highest BCUT2D eigenvalue weighted by Crippen LogP contribution is 2.46. The second-order valence-electron chi connectivity index (χ2n) is 13.5. The van der Waals surface area contributed by atoms with E-state index in [1.165, 1.54) is 0 Å². The lowest BCUT2D eigenvalue weighted by Gasteiger charge is -2.22. The molecule has 2 heterocycles. The van der Waals surface area contributed by atoms with Crippen LogP contribution in [0.3, 0.4) is 0 Å². The number of fused-ring (bicyclic) bond motifs is 6. The summed E-state index contributed by atoms with van der Waals surface area (Å²) in [7, 11) is 0. The first kappa shape index (κ1) is 36.5. The van der Waals surface area contributed by atoms with Crippen LogP contribution in [0.15, 0.2) is 97.1 Å². The largest absolute Gasteiger partial charge is 0.480 e. The van der Waals surface area contributed by atoms with Gasteiger partial charge in [-0.3, -0.25) is 9.80 Å². The summed E-state index contributed by atoms with van der Waals surface area (Å²) in [6.45, 7) is -0.810. The lowest BCUT2D eigenvalue weighted by Crippen LogP contribution is -2.44. The van der Waals surface area contributed by atoms with Crippen LogP contribution in [0.5, 0.6) is 0 Å². The molecule has 4 aromatic carbocycles. The fourth-order valence-electron chi connectivity index (χ4n) is 7.87. The monoisotopic (exact) mass is 742 g/mol. The second-order valence-corrected chi connectivity index (χ2v) is 13.5. The van der Waals surface area contributed by atoms with Crippen LogP contribution in [0, 0.1) is 0 Å². The van der Waals surface area contributed by atoms with Gasteiger partial charge in [0.25, 0.3) is 0 Å². The predicted molar refractivity (Wildman–Crippen MR) is 188 cm³/mol. The lowest BCUT2D eigenvalue weighted by atomic mass is 9.98. The molecule has 2 aliphatic carbocycles. The first-order chi connectivity index (χ1) is 26.0. The number of aliphatic carboxylic acids is 2. The van der Waals surface area contributed by atoms with Crippen LogP contribution >= 0.6 is 0 Å². The number of carbonyl (C=O) groups is 4. The summed E-state index contributed by atoms with van der Waals surface area (Å²) < 4.78 is 38.5. The Labute approximate surface area is 307 Å². The Morgan fingerprint density at radius 1 is 0.537 bits per heavy atom. The molecule has 0 radical (unpaired) electrons. The minimum absolute atomic E-state index is 0.00272. The molecule has 0 aromatic heterocycles. The van der Waals surface area contributed by atoms with E-state index in [1.54, 1.807) is 0 Å². The molecule has 2 saturated heterocycles.